The van der Waals surface area contributed by atoms with Crippen LogP contribution < -0.4 is 10.2 Å². The molecule has 1 aromatic carbocycles. The van der Waals surface area contributed by atoms with E-state index in [4.69, 9.17) is 16.7 Å². The number of carboxylic acids is 1. The molecular formula is C11H13ClN2O3. The number of piperazine rings is 1. The number of halogens is 1. The maximum atomic E-state index is 11.0. The van der Waals surface area contributed by atoms with Crippen LogP contribution in [0.25, 0.3) is 0 Å². The fraction of sp³-hybridized carbons (Fsp3) is 0.364. The summed E-state index contributed by atoms with van der Waals surface area (Å²) in [5, 5.41) is 21.8. The molecule has 3 N–H and O–H groups in total. The summed E-state index contributed by atoms with van der Waals surface area (Å²) in [4.78, 5) is 13.0. The minimum Gasteiger partial charge on any atom is -0.505 e. The second-order valence-electron chi connectivity index (χ2n) is 3.87. The van der Waals surface area contributed by atoms with E-state index in [1.54, 1.807) is 6.07 Å². The van der Waals surface area contributed by atoms with Gasteiger partial charge in [0.05, 0.1) is 5.02 Å². The Labute approximate surface area is 104 Å². The molecule has 92 valence electrons. The molecule has 2 rings (SSSR count). The van der Waals surface area contributed by atoms with Gasteiger partial charge in [-0.15, -0.1) is 0 Å². The van der Waals surface area contributed by atoms with Crippen LogP contribution in [0.5, 0.6) is 5.75 Å². The number of phenols is 1. The van der Waals surface area contributed by atoms with Gasteiger partial charge in [0.1, 0.15) is 11.3 Å². The minimum atomic E-state index is -1.18. The predicted molar refractivity (Wildman–Crippen MR) is 65.2 cm³/mol. The van der Waals surface area contributed by atoms with Crippen LogP contribution in [0.1, 0.15) is 10.4 Å². The van der Waals surface area contributed by atoms with E-state index < -0.39 is 5.97 Å². The largest absolute Gasteiger partial charge is 0.505 e. The number of benzene rings is 1. The van der Waals surface area contributed by atoms with Gasteiger partial charge in [0.25, 0.3) is 0 Å². The van der Waals surface area contributed by atoms with Gasteiger partial charge in [-0.1, -0.05) is 11.6 Å². The number of nitrogens with one attached hydrogen (secondary N) is 1. The summed E-state index contributed by atoms with van der Waals surface area (Å²) in [6.45, 7) is 3.28. The highest BCUT2D eigenvalue weighted by atomic mass is 35.5. The highest BCUT2D eigenvalue weighted by molar-refractivity contribution is 6.32. The zero-order valence-electron chi connectivity index (χ0n) is 9.11. The van der Waals surface area contributed by atoms with Crippen LogP contribution in [0, 0.1) is 0 Å². The second-order valence-corrected chi connectivity index (χ2v) is 4.27. The van der Waals surface area contributed by atoms with Crippen LogP contribution in [0.2, 0.25) is 5.02 Å². The van der Waals surface area contributed by atoms with E-state index in [2.05, 4.69) is 5.32 Å². The number of aromatic hydroxyl groups is 1. The first-order chi connectivity index (χ1) is 8.09. The van der Waals surface area contributed by atoms with Crippen molar-refractivity contribution in [1.82, 2.24) is 5.32 Å². The zero-order valence-corrected chi connectivity index (χ0v) is 9.87. The van der Waals surface area contributed by atoms with Gasteiger partial charge in [-0.3, -0.25) is 0 Å². The summed E-state index contributed by atoms with van der Waals surface area (Å²) in [7, 11) is 0. The maximum Gasteiger partial charge on any atom is 0.339 e. The van der Waals surface area contributed by atoms with E-state index in [9.17, 15) is 9.90 Å². The van der Waals surface area contributed by atoms with Gasteiger partial charge in [-0.25, -0.2) is 4.79 Å². The van der Waals surface area contributed by atoms with E-state index in [1.165, 1.54) is 6.07 Å². The van der Waals surface area contributed by atoms with Gasteiger partial charge in [0.2, 0.25) is 0 Å². The molecule has 0 spiro atoms. The molecule has 1 aliphatic heterocycles. The first-order valence-electron chi connectivity index (χ1n) is 5.31. The fourth-order valence-electron chi connectivity index (χ4n) is 1.85. The Morgan fingerprint density at radius 2 is 2.00 bits per heavy atom. The molecule has 1 fully saturated rings. The number of hydrogen-bond acceptors (Lipinski definition) is 4. The molecule has 17 heavy (non-hydrogen) atoms. The van der Waals surface area contributed by atoms with Gasteiger partial charge < -0.3 is 20.4 Å². The van der Waals surface area contributed by atoms with Crippen molar-refractivity contribution in [2.45, 2.75) is 0 Å². The van der Waals surface area contributed by atoms with E-state index in [-0.39, 0.29) is 16.3 Å². The molecule has 1 aliphatic rings. The number of aromatic carboxylic acids is 1. The Balaban J connectivity index is 2.37. The van der Waals surface area contributed by atoms with Crippen LogP contribution >= 0.6 is 11.6 Å². The van der Waals surface area contributed by atoms with Crippen LogP contribution in [-0.2, 0) is 0 Å². The number of carbonyl (C=O) groups is 1. The Morgan fingerprint density at radius 3 is 2.59 bits per heavy atom. The molecule has 0 amide bonds. The number of hydrogen-bond donors (Lipinski definition) is 3. The van der Waals surface area contributed by atoms with E-state index in [0.29, 0.717) is 0 Å². The average molecular weight is 257 g/mol. The Kier molecular flexibility index (Phi) is 3.40. The number of carboxylic acid groups (broad SMARTS) is 1. The number of nitrogens with zero attached hydrogens (tertiary/aromatic N) is 1. The summed E-state index contributed by atoms with van der Waals surface area (Å²) >= 11 is 5.83. The Morgan fingerprint density at radius 1 is 1.35 bits per heavy atom. The molecule has 0 saturated carbocycles. The van der Waals surface area contributed by atoms with Gasteiger partial charge in [-0.2, -0.15) is 0 Å². The average Bonchev–Trinajstić information content (AvgIpc) is 2.33. The topological polar surface area (TPSA) is 72.8 Å². The summed E-state index contributed by atoms with van der Waals surface area (Å²) in [6.07, 6.45) is 0. The van der Waals surface area contributed by atoms with Crippen molar-refractivity contribution in [1.29, 1.82) is 0 Å². The zero-order chi connectivity index (χ0) is 12.4. The van der Waals surface area contributed by atoms with Crippen molar-refractivity contribution in [3.05, 3.63) is 22.7 Å². The molecule has 0 radical (unpaired) electrons. The third kappa shape index (κ3) is 2.45. The summed E-state index contributed by atoms with van der Waals surface area (Å²) < 4.78 is 0. The molecule has 0 bridgehead atoms. The highest BCUT2D eigenvalue weighted by Crippen LogP contribution is 2.32. The van der Waals surface area contributed by atoms with Crippen molar-refractivity contribution >= 4 is 23.3 Å². The predicted octanol–water partition coefficient (Wildman–Crippen LogP) is 1.15. The number of rotatable bonds is 2. The van der Waals surface area contributed by atoms with E-state index >= 15 is 0 Å². The smallest absolute Gasteiger partial charge is 0.339 e. The number of anilines is 1. The van der Waals surface area contributed by atoms with Crippen LogP contribution in [0.3, 0.4) is 0 Å². The standard InChI is InChI=1S/C11H13ClN2O3/c12-9-6-7(14-3-1-13-2-4-14)5-8(10(9)15)11(16)17/h5-6,13,15H,1-4H2,(H,16,17). The minimum absolute atomic E-state index is 0.0680. The molecule has 0 aliphatic carbocycles. The molecule has 1 aromatic rings. The summed E-state index contributed by atoms with van der Waals surface area (Å²) in [5.41, 5.74) is 0.567. The molecule has 0 aromatic heterocycles. The van der Waals surface area contributed by atoms with Crippen molar-refractivity contribution in [3.63, 3.8) is 0 Å². The van der Waals surface area contributed by atoms with Crippen LogP contribution in [0.15, 0.2) is 12.1 Å². The lowest BCUT2D eigenvalue weighted by molar-refractivity contribution is 0.0694. The van der Waals surface area contributed by atoms with E-state index in [1.807, 2.05) is 4.90 Å². The first-order valence-corrected chi connectivity index (χ1v) is 5.69. The SMILES string of the molecule is O=C(O)c1cc(N2CCNCC2)cc(Cl)c1O. The lowest BCUT2D eigenvalue weighted by atomic mass is 10.1. The first kappa shape index (κ1) is 12.0. The van der Waals surface area contributed by atoms with Crippen molar-refractivity contribution in [2.24, 2.45) is 0 Å². The van der Waals surface area contributed by atoms with Crippen LogP contribution in [-0.4, -0.2) is 42.4 Å². The fourth-order valence-corrected chi connectivity index (χ4v) is 2.07. The van der Waals surface area contributed by atoms with E-state index in [0.717, 1.165) is 31.9 Å². The third-order valence-corrected chi connectivity index (χ3v) is 3.05. The van der Waals surface area contributed by atoms with Gasteiger partial charge in [0, 0.05) is 31.9 Å². The lowest BCUT2D eigenvalue weighted by Gasteiger charge is -2.29. The molecule has 0 atom stereocenters. The quantitative estimate of drug-likeness (QED) is 0.740. The van der Waals surface area contributed by atoms with Crippen LogP contribution in [0.4, 0.5) is 5.69 Å². The molecule has 5 nitrogen and oxygen atoms in total. The second kappa shape index (κ2) is 4.81. The molecular weight excluding hydrogens is 244 g/mol. The van der Waals surface area contributed by atoms with Gasteiger partial charge >= 0.3 is 5.97 Å². The van der Waals surface area contributed by atoms with Crippen molar-refractivity contribution < 1.29 is 15.0 Å². The molecule has 6 heteroatoms. The third-order valence-electron chi connectivity index (χ3n) is 2.76. The molecule has 1 saturated heterocycles. The van der Waals surface area contributed by atoms with Crippen molar-refractivity contribution in [2.75, 3.05) is 31.1 Å². The molecule has 1 heterocycles. The normalized spacial score (nSPS) is 15.9. The molecule has 0 unspecified atom stereocenters. The lowest BCUT2D eigenvalue weighted by Crippen LogP contribution is -2.43. The van der Waals surface area contributed by atoms with Crippen molar-refractivity contribution in [3.8, 4) is 5.75 Å². The highest BCUT2D eigenvalue weighted by Gasteiger charge is 2.18. The summed E-state index contributed by atoms with van der Waals surface area (Å²) in [6, 6.07) is 3.05. The van der Waals surface area contributed by atoms with Gasteiger partial charge in [-0.05, 0) is 12.1 Å². The summed E-state index contributed by atoms with van der Waals surface area (Å²) in [5.74, 6) is -1.56. The monoisotopic (exact) mass is 256 g/mol. The Bertz CT molecular complexity index is 445. The maximum absolute atomic E-state index is 11.0. The Hall–Kier alpha value is -1.46. The van der Waals surface area contributed by atoms with Gasteiger partial charge in [0.15, 0.2) is 0 Å².